The molecule has 1 aromatic carbocycles. The number of carbonyl (C=O) groups excluding carboxylic acids is 1. The molecule has 116 valence electrons. The lowest BCUT2D eigenvalue weighted by Crippen LogP contribution is -2.44. The van der Waals surface area contributed by atoms with Crippen molar-refractivity contribution < 1.29 is 9.53 Å². The molecule has 0 aliphatic carbocycles. The van der Waals surface area contributed by atoms with Crippen molar-refractivity contribution in [1.82, 2.24) is 10.2 Å². The monoisotopic (exact) mass is 290 g/mol. The molecule has 1 amide bonds. The number of hydrogen-bond acceptors (Lipinski definition) is 3. The molecule has 0 atom stereocenters. The molecule has 1 aromatic rings. The molecule has 0 aliphatic rings. The maximum atomic E-state index is 11.9. The predicted molar refractivity (Wildman–Crippen MR) is 86.6 cm³/mol. The molecule has 0 radical (unpaired) electrons. The summed E-state index contributed by atoms with van der Waals surface area (Å²) in [6.45, 7) is 4.77. The Morgan fingerprint density at radius 2 is 2.00 bits per heavy atom. The summed E-state index contributed by atoms with van der Waals surface area (Å²) in [5, 5.41) is 3.03. The van der Waals surface area contributed by atoms with Crippen molar-refractivity contribution in [3.05, 3.63) is 42.0 Å². The number of nitrogens with zero attached hydrogens (tertiary/aromatic N) is 1. The molecule has 0 heterocycles. The molecule has 0 saturated carbocycles. The van der Waals surface area contributed by atoms with Crippen LogP contribution in [0, 0.1) is 0 Å². The first-order chi connectivity index (χ1) is 9.84. The highest BCUT2D eigenvalue weighted by Crippen LogP contribution is 2.22. The SMILES string of the molecule is COc1ccccc1CC(C)(C)NC(=O)/C=C/CN(C)C. The van der Waals surface area contributed by atoms with Crippen LogP contribution >= 0.6 is 0 Å². The summed E-state index contributed by atoms with van der Waals surface area (Å²) in [4.78, 5) is 13.9. The highest BCUT2D eigenvalue weighted by Gasteiger charge is 2.21. The Morgan fingerprint density at radius 1 is 1.33 bits per heavy atom. The van der Waals surface area contributed by atoms with Gasteiger partial charge in [0.2, 0.25) is 5.91 Å². The fraction of sp³-hybridized carbons (Fsp3) is 0.471. The van der Waals surface area contributed by atoms with Crippen LogP contribution in [0.2, 0.25) is 0 Å². The number of benzene rings is 1. The molecule has 0 aliphatic heterocycles. The third kappa shape index (κ3) is 6.45. The first kappa shape index (κ1) is 17.2. The molecule has 0 bridgehead atoms. The van der Waals surface area contributed by atoms with Gasteiger partial charge in [0.1, 0.15) is 5.75 Å². The van der Waals surface area contributed by atoms with E-state index in [0.717, 1.165) is 17.9 Å². The minimum atomic E-state index is -0.339. The van der Waals surface area contributed by atoms with Crippen molar-refractivity contribution in [3.8, 4) is 5.75 Å². The fourth-order valence-corrected chi connectivity index (χ4v) is 2.12. The highest BCUT2D eigenvalue weighted by molar-refractivity contribution is 5.88. The average Bonchev–Trinajstić information content (AvgIpc) is 2.37. The Bertz CT molecular complexity index is 493. The molecule has 0 spiro atoms. The number of para-hydroxylation sites is 1. The maximum absolute atomic E-state index is 11.9. The number of nitrogens with one attached hydrogen (secondary N) is 1. The van der Waals surface area contributed by atoms with Crippen molar-refractivity contribution in [1.29, 1.82) is 0 Å². The largest absolute Gasteiger partial charge is 0.496 e. The van der Waals surface area contributed by atoms with Crippen LogP contribution < -0.4 is 10.1 Å². The molecular formula is C17H26N2O2. The zero-order chi connectivity index (χ0) is 15.9. The molecule has 4 heteroatoms. The van der Waals surface area contributed by atoms with E-state index >= 15 is 0 Å². The fourth-order valence-electron chi connectivity index (χ4n) is 2.12. The number of carbonyl (C=O) groups is 1. The van der Waals surface area contributed by atoms with Crippen molar-refractivity contribution in [3.63, 3.8) is 0 Å². The molecular weight excluding hydrogens is 264 g/mol. The van der Waals surface area contributed by atoms with E-state index in [-0.39, 0.29) is 11.4 Å². The van der Waals surface area contributed by atoms with Crippen molar-refractivity contribution in [2.75, 3.05) is 27.7 Å². The molecule has 1 N–H and O–H groups in total. The van der Waals surface area contributed by atoms with Gasteiger partial charge in [-0.3, -0.25) is 4.79 Å². The van der Waals surface area contributed by atoms with Gasteiger partial charge in [-0.15, -0.1) is 0 Å². The van der Waals surface area contributed by atoms with Crippen LogP contribution in [0.3, 0.4) is 0 Å². The van der Waals surface area contributed by atoms with Crippen LogP contribution in [0.5, 0.6) is 5.75 Å². The molecule has 0 aromatic heterocycles. The van der Waals surface area contributed by atoms with E-state index in [1.807, 2.05) is 63.2 Å². The number of methoxy groups -OCH3 is 1. The van der Waals surface area contributed by atoms with Gasteiger partial charge in [-0.05, 0) is 46.0 Å². The highest BCUT2D eigenvalue weighted by atomic mass is 16.5. The van der Waals surface area contributed by atoms with Gasteiger partial charge in [0.15, 0.2) is 0 Å². The number of likely N-dealkylation sites (N-methyl/N-ethyl adjacent to an activating group) is 1. The number of rotatable bonds is 7. The van der Waals surface area contributed by atoms with E-state index < -0.39 is 0 Å². The lowest BCUT2D eigenvalue weighted by atomic mass is 9.94. The maximum Gasteiger partial charge on any atom is 0.244 e. The molecule has 0 saturated heterocycles. The molecule has 0 unspecified atom stereocenters. The Kier molecular flexibility index (Phi) is 6.43. The Balaban J connectivity index is 2.64. The Hall–Kier alpha value is -1.81. The predicted octanol–water partition coefficient (Wildman–Crippen LogP) is 2.25. The van der Waals surface area contributed by atoms with Gasteiger partial charge < -0.3 is 15.0 Å². The van der Waals surface area contributed by atoms with Crippen LogP contribution in [-0.2, 0) is 11.2 Å². The standard InChI is InChI=1S/C17H26N2O2/c1-17(2,18-16(20)11-8-12-19(3)4)13-14-9-6-7-10-15(14)21-5/h6-11H,12-13H2,1-5H3,(H,18,20)/b11-8+. The van der Waals surface area contributed by atoms with Crippen LogP contribution in [0.15, 0.2) is 36.4 Å². The second-order valence-electron chi connectivity index (χ2n) is 6.03. The van der Waals surface area contributed by atoms with E-state index in [4.69, 9.17) is 4.74 Å². The second kappa shape index (κ2) is 7.84. The van der Waals surface area contributed by atoms with Gasteiger partial charge in [0.05, 0.1) is 7.11 Å². The first-order valence-corrected chi connectivity index (χ1v) is 7.09. The smallest absolute Gasteiger partial charge is 0.244 e. The second-order valence-corrected chi connectivity index (χ2v) is 6.03. The molecule has 4 nitrogen and oxygen atoms in total. The van der Waals surface area contributed by atoms with Gasteiger partial charge >= 0.3 is 0 Å². The summed E-state index contributed by atoms with van der Waals surface area (Å²) >= 11 is 0. The summed E-state index contributed by atoms with van der Waals surface area (Å²) in [5.41, 5.74) is 0.747. The lowest BCUT2D eigenvalue weighted by Gasteiger charge is -2.26. The van der Waals surface area contributed by atoms with Gasteiger partial charge in [0, 0.05) is 18.2 Å². The average molecular weight is 290 g/mol. The van der Waals surface area contributed by atoms with E-state index in [1.165, 1.54) is 0 Å². The summed E-state index contributed by atoms with van der Waals surface area (Å²) in [7, 11) is 5.59. The normalized spacial score (nSPS) is 11.9. The number of hydrogen-bond donors (Lipinski definition) is 1. The van der Waals surface area contributed by atoms with Crippen molar-refractivity contribution in [2.24, 2.45) is 0 Å². The van der Waals surface area contributed by atoms with E-state index in [9.17, 15) is 4.79 Å². The van der Waals surface area contributed by atoms with Gasteiger partial charge in [0.25, 0.3) is 0 Å². The van der Waals surface area contributed by atoms with Crippen LogP contribution in [0.1, 0.15) is 19.4 Å². The van der Waals surface area contributed by atoms with Crippen LogP contribution in [0.25, 0.3) is 0 Å². The van der Waals surface area contributed by atoms with Gasteiger partial charge in [-0.1, -0.05) is 24.3 Å². The third-order valence-corrected chi connectivity index (χ3v) is 3.03. The van der Waals surface area contributed by atoms with Gasteiger partial charge in [-0.2, -0.15) is 0 Å². The molecule has 21 heavy (non-hydrogen) atoms. The van der Waals surface area contributed by atoms with Gasteiger partial charge in [-0.25, -0.2) is 0 Å². The van der Waals surface area contributed by atoms with E-state index in [2.05, 4.69) is 5.32 Å². The van der Waals surface area contributed by atoms with Crippen LogP contribution in [0.4, 0.5) is 0 Å². The zero-order valence-electron chi connectivity index (χ0n) is 13.6. The third-order valence-electron chi connectivity index (χ3n) is 3.03. The Labute approximate surface area is 127 Å². The Morgan fingerprint density at radius 3 is 2.62 bits per heavy atom. The van der Waals surface area contributed by atoms with Crippen LogP contribution in [-0.4, -0.2) is 44.1 Å². The first-order valence-electron chi connectivity index (χ1n) is 7.09. The topological polar surface area (TPSA) is 41.6 Å². The molecule has 0 fully saturated rings. The minimum Gasteiger partial charge on any atom is -0.496 e. The summed E-state index contributed by atoms with van der Waals surface area (Å²) in [5.74, 6) is 0.778. The zero-order valence-corrected chi connectivity index (χ0v) is 13.6. The van der Waals surface area contributed by atoms with Crippen molar-refractivity contribution >= 4 is 5.91 Å². The quantitative estimate of drug-likeness (QED) is 0.783. The van der Waals surface area contributed by atoms with E-state index in [0.29, 0.717) is 6.42 Å². The lowest BCUT2D eigenvalue weighted by molar-refractivity contribution is -0.118. The van der Waals surface area contributed by atoms with E-state index in [1.54, 1.807) is 13.2 Å². The van der Waals surface area contributed by atoms with Crippen molar-refractivity contribution in [2.45, 2.75) is 25.8 Å². The number of ether oxygens (including phenoxy) is 1. The number of amides is 1. The summed E-state index contributed by atoms with van der Waals surface area (Å²) in [6, 6.07) is 7.88. The summed E-state index contributed by atoms with van der Waals surface area (Å²) in [6.07, 6.45) is 4.16. The minimum absolute atomic E-state index is 0.0725. The molecule has 1 rings (SSSR count). The summed E-state index contributed by atoms with van der Waals surface area (Å²) < 4.78 is 5.36.